The number of aromatic nitrogens is 2. The summed E-state index contributed by atoms with van der Waals surface area (Å²) in [6, 6.07) is 17.9. The molecule has 0 bridgehead atoms. The lowest BCUT2D eigenvalue weighted by Crippen LogP contribution is -2.39. The van der Waals surface area contributed by atoms with Crippen LogP contribution in [-0.4, -0.2) is 59.3 Å². The summed E-state index contributed by atoms with van der Waals surface area (Å²) in [5.41, 5.74) is 2.83. The van der Waals surface area contributed by atoms with Gasteiger partial charge in [0.25, 0.3) is 0 Å². The van der Waals surface area contributed by atoms with Gasteiger partial charge in [-0.1, -0.05) is 49.4 Å². The van der Waals surface area contributed by atoms with Gasteiger partial charge in [-0.05, 0) is 25.5 Å². The fourth-order valence-corrected chi connectivity index (χ4v) is 3.84. The predicted molar refractivity (Wildman–Crippen MR) is 130 cm³/mol. The molecule has 0 aliphatic carbocycles. The number of benzene rings is 2. The smallest absolute Gasteiger partial charge is 0.222 e. The van der Waals surface area contributed by atoms with E-state index in [0.717, 1.165) is 23.2 Å². The number of aliphatic hydroxyl groups is 1. The van der Waals surface area contributed by atoms with Crippen molar-refractivity contribution < 1.29 is 19.3 Å². The fraction of sp³-hybridized carbons (Fsp3) is 0.423. The van der Waals surface area contributed by atoms with E-state index in [1.807, 2.05) is 61.6 Å². The van der Waals surface area contributed by atoms with Crippen LogP contribution in [0.15, 0.2) is 54.6 Å². The molecule has 0 unspecified atom stereocenters. The van der Waals surface area contributed by atoms with Gasteiger partial charge in [0.15, 0.2) is 11.5 Å². The van der Waals surface area contributed by atoms with Crippen molar-refractivity contribution in [1.82, 2.24) is 14.7 Å². The topological polar surface area (TPSA) is 69.0 Å². The number of hydrogen-bond donors (Lipinski definition) is 1. The number of ether oxygens (including phenoxy) is 3. The van der Waals surface area contributed by atoms with Crippen LogP contribution in [0.2, 0.25) is 0 Å². The summed E-state index contributed by atoms with van der Waals surface area (Å²) >= 11 is 0. The molecule has 33 heavy (non-hydrogen) atoms. The van der Waals surface area contributed by atoms with E-state index in [0.29, 0.717) is 30.5 Å². The largest absolute Gasteiger partial charge is 0.493 e. The van der Waals surface area contributed by atoms with E-state index < -0.39 is 6.10 Å². The highest BCUT2D eigenvalue weighted by atomic mass is 16.5. The zero-order valence-electron chi connectivity index (χ0n) is 20.2. The van der Waals surface area contributed by atoms with Gasteiger partial charge in [0.2, 0.25) is 5.88 Å². The average molecular weight is 454 g/mol. The monoisotopic (exact) mass is 453 g/mol. The molecule has 3 aromatic rings. The maximum atomic E-state index is 10.5. The van der Waals surface area contributed by atoms with Crippen molar-refractivity contribution in [2.75, 3.05) is 27.4 Å². The van der Waals surface area contributed by atoms with Crippen molar-refractivity contribution in [3.05, 3.63) is 60.2 Å². The first-order chi connectivity index (χ1) is 16.0. The summed E-state index contributed by atoms with van der Waals surface area (Å²) in [4.78, 5) is 2.25. The molecule has 1 heterocycles. The number of nitrogens with zero attached hydrogens (tertiary/aromatic N) is 3. The Balaban J connectivity index is 2.05. The zero-order valence-corrected chi connectivity index (χ0v) is 20.2. The molecule has 0 spiro atoms. The number of aliphatic hydroxyl groups excluding tert-OH is 1. The van der Waals surface area contributed by atoms with Crippen LogP contribution < -0.4 is 9.47 Å². The summed E-state index contributed by atoms with van der Waals surface area (Å²) in [7, 11) is 5.11. The minimum atomic E-state index is -0.584. The second kappa shape index (κ2) is 11.8. The lowest BCUT2D eigenvalue weighted by molar-refractivity contribution is 0.0253. The van der Waals surface area contributed by atoms with Crippen LogP contribution in [0.25, 0.3) is 11.3 Å². The molecular weight excluding hydrogens is 418 g/mol. The first kappa shape index (κ1) is 24.8. The van der Waals surface area contributed by atoms with Crippen LogP contribution in [0.5, 0.6) is 17.4 Å². The van der Waals surface area contributed by atoms with Gasteiger partial charge in [-0.25, -0.2) is 4.68 Å². The lowest BCUT2D eigenvalue weighted by atomic mass is 10.1. The van der Waals surface area contributed by atoms with E-state index in [2.05, 4.69) is 18.7 Å². The van der Waals surface area contributed by atoms with Gasteiger partial charge in [0.1, 0.15) is 5.69 Å². The third-order valence-electron chi connectivity index (χ3n) is 5.79. The van der Waals surface area contributed by atoms with Crippen LogP contribution in [0.1, 0.15) is 25.8 Å². The van der Waals surface area contributed by atoms with Crippen molar-refractivity contribution in [3.8, 4) is 28.6 Å². The zero-order chi connectivity index (χ0) is 23.8. The molecule has 1 aromatic heterocycles. The van der Waals surface area contributed by atoms with Crippen molar-refractivity contribution >= 4 is 0 Å². The molecular formula is C26H35N3O4. The normalized spacial score (nSPS) is 13.2. The van der Waals surface area contributed by atoms with Gasteiger partial charge < -0.3 is 19.3 Å². The Bertz CT molecular complexity index is 1010. The lowest BCUT2D eigenvalue weighted by Gasteiger charge is -2.30. The molecule has 0 saturated heterocycles. The van der Waals surface area contributed by atoms with Crippen LogP contribution in [-0.2, 0) is 18.3 Å². The standard InChI is InChI=1S/C26H35N3O4/c1-6-19(2)29(16-21(30)18-31-4)17-22-25(20-12-8-7-9-13-20)27-28(3)26(22)33-24-15-11-10-14-23(24)32-5/h7-15,19,21,30H,6,16-18H2,1-5H3/t19-,21-/m0/s1. The number of para-hydroxylation sites is 2. The SMILES string of the molecule is CC[C@H](C)N(Cc1c(-c2ccccc2)nn(C)c1Oc1ccccc1OC)C[C@H](O)COC. The van der Waals surface area contributed by atoms with Crippen LogP contribution >= 0.6 is 0 Å². The van der Waals surface area contributed by atoms with Gasteiger partial charge >= 0.3 is 0 Å². The summed E-state index contributed by atoms with van der Waals surface area (Å²) in [5, 5.41) is 15.3. The molecule has 2 atom stereocenters. The van der Waals surface area contributed by atoms with Crippen LogP contribution in [0.3, 0.4) is 0 Å². The van der Waals surface area contributed by atoms with Gasteiger partial charge in [-0.3, -0.25) is 4.90 Å². The molecule has 7 nitrogen and oxygen atoms in total. The highest BCUT2D eigenvalue weighted by Crippen LogP contribution is 2.37. The van der Waals surface area contributed by atoms with E-state index in [9.17, 15) is 5.11 Å². The molecule has 7 heteroatoms. The maximum absolute atomic E-state index is 10.5. The van der Waals surface area contributed by atoms with Crippen molar-refractivity contribution in [3.63, 3.8) is 0 Å². The Hall–Kier alpha value is -2.87. The first-order valence-electron chi connectivity index (χ1n) is 11.3. The highest BCUT2D eigenvalue weighted by Gasteiger charge is 2.25. The molecule has 0 saturated carbocycles. The molecule has 0 fully saturated rings. The second-order valence-electron chi connectivity index (χ2n) is 8.17. The molecule has 0 radical (unpaired) electrons. The van der Waals surface area contributed by atoms with Crippen LogP contribution in [0, 0.1) is 0 Å². The summed E-state index contributed by atoms with van der Waals surface area (Å²) < 4.78 is 18.8. The van der Waals surface area contributed by atoms with Gasteiger partial charge in [0, 0.05) is 38.9 Å². The Labute approximate surface area is 196 Å². The summed E-state index contributed by atoms with van der Waals surface area (Å²) in [6.45, 7) is 5.65. The van der Waals surface area contributed by atoms with Gasteiger partial charge in [-0.2, -0.15) is 5.10 Å². The first-order valence-corrected chi connectivity index (χ1v) is 11.3. The van der Waals surface area contributed by atoms with Crippen molar-refractivity contribution in [1.29, 1.82) is 0 Å². The Morgan fingerprint density at radius 2 is 1.70 bits per heavy atom. The maximum Gasteiger partial charge on any atom is 0.222 e. The van der Waals surface area contributed by atoms with Gasteiger partial charge in [-0.15, -0.1) is 0 Å². The van der Waals surface area contributed by atoms with E-state index in [-0.39, 0.29) is 12.6 Å². The third-order valence-corrected chi connectivity index (χ3v) is 5.79. The highest BCUT2D eigenvalue weighted by molar-refractivity contribution is 5.66. The Morgan fingerprint density at radius 1 is 1.03 bits per heavy atom. The van der Waals surface area contributed by atoms with Crippen LogP contribution in [0.4, 0.5) is 0 Å². The molecule has 1 N–H and O–H groups in total. The number of methoxy groups -OCH3 is 2. The minimum Gasteiger partial charge on any atom is -0.493 e. The molecule has 0 amide bonds. The van der Waals surface area contributed by atoms with Crippen molar-refractivity contribution in [2.45, 2.75) is 39.0 Å². The van der Waals surface area contributed by atoms with Gasteiger partial charge in [0.05, 0.1) is 25.4 Å². The van der Waals surface area contributed by atoms with E-state index in [4.69, 9.17) is 19.3 Å². The Morgan fingerprint density at radius 3 is 2.33 bits per heavy atom. The van der Waals surface area contributed by atoms with Crippen molar-refractivity contribution in [2.24, 2.45) is 7.05 Å². The number of hydrogen-bond acceptors (Lipinski definition) is 6. The molecule has 178 valence electrons. The summed E-state index contributed by atoms with van der Waals surface area (Å²) in [5.74, 6) is 1.92. The number of aryl methyl sites for hydroxylation is 1. The Kier molecular flexibility index (Phi) is 8.88. The second-order valence-corrected chi connectivity index (χ2v) is 8.17. The summed E-state index contributed by atoms with van der Waals surface area (Å²) in [6.07, 6.45) is 0.364. The third kappa shape index (κ3) is 6.13. The fourth-order valence-electron chi connectivity index (χ4n) is 3.84. The molecule has 0 aliphatic rings. The molecule has 0 aliphatic heterocycles. The average Bonchev–Trinajstić information content (AvgIpc) is 3.14. The van der Waals surface area contributed by atoms with E-state index in [1.54, 1.807) is 18.9 Å². The van der Waals surface area contributed by atoms with E-state index in [1.165, 1.54) is 0 Å². The number of rotatable bonds is 12. The predicted octanol–water partition coefficient (Wildman–Crippen LogP) is 4.50. The molecule has 2 aromatic carbocycles. The van der Waals surface area contributed by atoms with E-state index >= 15 is 0 Å². The minimum absolute atomic E-state index is 0.249. The quantitative estimate of drug-likeness (QED) is 0.436. The molecule has 3 rings (SSSR count).